The van der Waals surface area contributed by atoms with Crippen LogP contribution in [0.2, 0.25) is 0 Å². The van der Waals surface area contributed by atoms with Crippen LogP contribution in [0.1, 0.15) is 41.0 Å². The monoisotopic (exact) mass is 228 g/mol. The predicted octanol–water partition coefficient (Wildman–Crippen LogP) is 1.87. The SMILES string of the molecule is CC(CCNC(C)(C)C)N1CCOCC1C. The number of nitrogens with zero attached hydrogens (tertiary/aromatic N) is 1. The largest absolute Gasteiger partial charge is 0.379 e. The van der Waals surface area contributed by atoms with Gasteiger partial charge in [0.05, 0.1) is 13.2 Å². The van der Waals surface area contributed by atoms with Crippen LogP contribution in [-0.2, 0) is 4.74 Å². The van der Waals surface area contributed by atoms with Crippen LogP contribution >= 0.6 is 0 Å². The summed E-state index contributed by atoms with van der Waals surface area (Å²) < 4.78 is 5.46. The van der Waals surface area contributed by atoms with E-state index in [0.29, 0.717) is 12.1 Å². The van der Waals surface area contributed by atoms with Crippen LogP contribution in [0.3, 0.4) is 0 Å². The molecule has 0 aromatic rings. The maximum atomic E-state index is 5.46. The first-order valence-corrected chi connectivity index (χ1v) is 6.48. The van der Waals surface area contributed by atoms with Crippen molar-refractivity contribution in [2.45, 2.75) is 58.7 Å². The van der Waals surface area contributed by atoms with E-state index in [1.54, 1.807) is 0 Å². The van der Waals surface area contributed by atoms with Crippen molar-refractivity contribution in [1.29, 1.82) is 0 Å². The second-order valence-corrected chi connectivity index (χ2v) is 5.98. The molecule has 0 bridgehead atoms. The zero-order valence-electron chi connectivity index (χ0n) is 11.5. The van der Waals surface area contributed by atoms with Crippen molar-refractivity contribution in [1.82, 2.24) is 10.2 Å². The second kappa shape index (κ2) is 5.99. The fourth-order valence-electron chi connectivity index (χ4n) is 2.22. The quantitative estimate of drug-likeness (QED) is 0.795. The van der Waals surface area contributed by atoms with Gasteiger partial charge in [-0.05, 0) is 47.6 Å². The van der Waals surface area contributed by atoms with Crippen LogP contribution in [0.4, 0.5) is 0 Å². The van der Waals surface area contributed by atoms with Crippen LogP contribution in [0, 0.1) is 0 Å². The van der Waals surface area contributed by atoms with Crippen molar-refractivity contribution >= 4 is 0 Å². The summed E-state index contributed by atoms with van der Waals surface area (Å²) in [6.07, 6.45) is 1.21. The summed E-state index contributed by atoms with van der Waals surface area (Å²) in [7, 11) is 0. The first-order chi connectivity index (χ1) is 7.40. The molecule has 2 atom stereocenters. The van der Waals surface area contributed by atoms with Crippen LogP contribution in [0.5, 0.6) is 0 Å². The van der Waals surface area contributed by atoms with Crippen molar-refractivity contribution in [3.63, 3.8) is 0 Å². The van der Waals surface area contributed by atoms with Gasteiger partial charge in [0.15, 0.2) is 0 Å². The molecule has 1 fully saturated rings. The molecule has 0 aliphatic carbocycles. The van der Waals surface area contributed by atoms with Crippen LogP contribution < -0.4 is 5.32 Å². The average molecular weight is 228 g/mol. The minimum atomic E-state index is 0.232. The molecule has 1 heterocycles. The van der Waals surface area contributed by atoms with E-state index < -0.39 is 0 Å². The zero-order valence-corrected chi connectivity index (χ0v) is 11.5. The molecule has 3 nitrogen and oxygen atoms in total. The molecule has 16 heavy (non-hydrogen) atoms. The van der Waals surface area contributed by atoms with E-state index >= 15 is 0 Å². The fraction of sp³-hybridized carbons (Fsp3) is 1.00. The van der Waals surface area contributed by atoms with Gasteiger partial charge in [0.2, 0.25) is 0 Å². The van der Waals surface area contributed by atoms with Crippen LogP contribution in [0.15, 0.2) is 0 Å². The Morgan fingerprint density at radius 3 is 2.69 bits per heavy atom. The summed E-state index contributed by atoms with van der Waals surface area (Å²) in [5.74, 6) is 0. The van der Waals surface area contributed by atoms with Crippen molar-refractivity contribution in [3.8, 4) is 0 Å². The molecule has 0 aromatic carbocycles. The Balaban J connectivity index is 2.25. The highest BCUT2D eigenvalue weighted by molar-refractivity contribution is 4.78. The van der Waals surface area contributed by atoms with E-state index in [1.165, 1.54) is 6.42 Å². The lowest BCUT2D eigenvalue weighted by Gasteiger charge is -2.38. The molecule has 1 aliphatic rings. The van der Waals surface area contributed by atoms with Gasteiger partial charge in [-0.25, -0.2) is 0 Å². The van der Waals surface area contributed by atoms with Gasteiger partial charge in [0.1, 0.15) is 0 Å². The van der Waals surface area contributed by atoms with E-state index in [0.717, 1.165) is 26.3 Å². The highest BCUT2D eigenvalue weighted by Crippen LogP contribution is 2.13. The number of nitrogens with one attached hydrogen (secondary N) is 1. The Bertz CT molecular complexity index is 201. The van der Waals surface area contributed by atoms with Gasteiger partial charge >= 0.3 is 0 Å². The standard InChI is InChI=1S/C13H28N2O/c1-11(6-7-14-13(3,4)5)15-8-9-16-10-12(15)2/h11-12,14H,6-10H2,1-5H3. The van der Waals surface area contributed by atoms with Gasteiger partial charge < -0.3 is 10.1 Å². The Morgan fingerprint density at radius 1 is 1.44 bits per heavy atom. The molecular weight excluding hydrogens is 200 g/mol. The Hall–Kier alpha value is -0.120. The van der Waals surface area contributed by atoms with Crippen LogP contribution in [0.25, 0.3) is 0 Å². The Morgan fingerprint density at radius 2 is 2.12 bits per heavy atom. The molecule has 3 heteroatoms. The summed E-state index contributed by atoms with van der Waals surface area (Å²) >= 11 is 0. The first kappa shape index (κ1) is 13.9. The third-order valence-electron chi connectivity index (χ3n) is 3.20. The fourth-order valence-corrected chi connectivity index (χ4v) is 2.22. The predicted molar refractivity (Wildman–Crippen MR) is 68.8 cm³/mol. The summed E-state index contributed by atoms with van der Waals surface area (Å²) in [5.41, 5.74) is 0.232. The summed E-state index contributed by atoms with van der Waals surface area (Å²) in [5, 5.41) is 3.55. The number of ether oxygens (including phenoxy) is 1. The molecule has 1 saturated heterocycles. The molecule has 0 aromatic heterocycles. The minimum absolute atomic E-state index is 0.232. The summed E-state index contributed by atoms with van der Waals surface area (Å²) in [6, 6.07) is 1.21. The molecule has 0 saturated carbocycles. The highest BCUT2D eigenvalue weighted by Gasteiger charge is 2.23. The topological polar surface area (TPSA) is 24.5 Å². The Kier molecular flexibility index (Phi) is 5.22. The van der Waals surface area contributed by atoms with Crippen LogP contribution in [-0.4, -0.2) is 48.8 Å². The lowest BCUT2D eigenvalue weighted by Crippen LogP contribution is -2.49. The average Bonchev–Trinajstić information content (AvgIpc) is 2.16. The maximum absolute atomic E-state index is 5.46. The molecule has 1 rings (SSSR count). The van der Waals surface area contributed by atoms with Gasteiger partial charge in [-0.3, -0.25) is 4.90 Å². The second-order valence-electron chi connectivity index (χ2n) is 5.98. The Labute approximate surface area is 101 Å². The third-order valence-corrected chi connectivity index (χ3v) is 3.20. The van der Waals surface area contributed by atoms with Gasteiger partial charge in [-0.2, -0.15) is 0 Å². The number of rotatable bonds is 4. The maximum Gasteiger partial charge on any atom is 0.0619 e. The van der Waals surface area contributed by atoms with Crippen molar-refractivity contribution in [3.05, 3.63) is 0 Å². The summed E-state index contributed by atoms with van der Waals surface area (Å²) in [4.78, 5) is 2.56. The van der Waals surface area contributed by atoms with E-state index in [4.69, 9.17) is 4.74 Å². The van der Waals surface area contributed by atoms with E-state index in [2.05, 4.69) is 44.8 Å². The minimum Gasteiger partial charge on any atom is -0.379 e. The summed E-state index contributed by atoms with van der Waals surface area (Å²) in [6.45, 7) is 15.2. The molecular formula is C13H28N2O. The van der Waals surface area contributed by atoms with E-state index in [1.807, 2.05) is 0 Å². The number of hydrogen-bond donors (Lipinski definition) is 1. The van der Waals surface area contributed by atoms with Gasteiger partial charge in [0, 0.05) is 24.2 Å². The molecule has 2 unspecified atom stereocenters. The molecule has 0 amide bonds. The third kappa shape index (κ3) is 4.81. The smallest absolute Gasteiger partial charge is 0.0619 e. The normalized spacial score (nSPS) is 25.7. The zero-order chi connectivity index (χ0) is 12.2. The number of morpholine rings is 1. The lowest BCUT2D eigenvalue weighted by atomic mass is 10.1. The van der Waals surface area contributed by atoms with Gasteiger partial charge in [-0.15, -0.1) is 0 Å². The van der Waals surface area contributed by atoms with Crippen molar-refractivity contribution in [2.24, 2.45) is 0 Å². The number of hydrogen-bond acceptors (Lipinski definition) is 3. The van der Waals surface area contributed by atoms with Gasteiger partial charge in [0.25, 0.3) is 0 Å². The molecule has 0 spiro atoms. The van der Waals surface area contributed by atoms with Crippen molar-refractivity contribution < 1.29 is 4.74 Å². The molecule has 0 radical (unpaired) electrons. The van der Waals surface area contributed by atoms with Crippen molar-refractivity contribution in [2.75, 3.05) is 26.3 Å². The molecule has 1 aliphatic heterocycles. The van der Waals surface area contributed by atoms with E-state index in [9.17, 15) is 0 Å². The van der Waals surface area contributed by atoms with E-state index in [-0.39, 0.29) is 5.54 Å². The molecule has 96 valence electrons. The van der Waals surface area contributed by atoms with Gasteiger partial charge in [-0.1, -0.05) is 0 Å². The molecule has 1 N–H and O–H groups in total. The highest BCUT2D eigenvalue weighted by atomic mass is 16.5. The lowest BCUT2D eigenvalue weighted by molar-refractivity contribution is -0.0199. The first-order valence-electron chi connectivity index (χ1n) is 6.48.